The van der Waals surface area contributed by atoms with Crippen LogP contribution < -0.4 is 9.62 Å². The van der Waals surface area contributed by atoms with Crippen LogP contribution in [0.1, 0.15) is 24.0 Å². The number of benzene rings is 1. The summed E-state index contributed by atoms with van der Waals surface area (Å²) in [6, 6.07) is 15.1. The van der Waals surface area contributed by atoms with Gasteiger partial charge in [-0.15, -0.1) is 0 Å². The summed E-state index contributed by atoms with van der Waals surface area (Å²) < 4.78 is 43.7. The molecule has 4 nitrogen and oxygen atoms in total. The molecule has 30 heavy (non-hydrogen) atoms. The largest absolute Gasteiger partial charge is 0.418 e. The summed E-state index contributed by atoms with van der Waals surface area (Å²) in [5.41, 5.74) is 0.374. The van der Waals surface area contributed by atoms with Crippen LogP contribution in [0.2, 0.25) is 0 Å². The van der Waals surface area contributed by atoms with Gasteiger partial charge < -0.3 is 9.62 Å². The van der Waals surface area contributed by atoms with E-state index in [1.807, 2.05) is 18.2 Å². The zero-order valence-corrected chi connectivity index (χ0v) is 17.2. The second-order valence-corrected chi connectivity index (χ2v) is 7.96. The summed E-state index contributed by atoms with van der Waals surface area (Å²) in [4.78, 5) is 11.2. The number of halogens is 3. The van der Waals surface area contributed by atoms with Crippen molar-refractivity contribution in [3.05, 3.63) is 65.7 Å². The van der Waals surface area contributed by atoms with Gasteiger partial charge in [-0.1, -0.05) is 30.3 Å². The maximum atomic E-state index is 13.6. The minimum absolute atomic E-state index is 0.0787. The Morgan fingerprint density at radius 2 is 1.70 bits per heavy atom. The van der Waals surface area contributed by atoms with Crippen molar-refractivity contribution in [3.8, 4) is 11.3 Å². The molecule has 3 heterocycles. The predicted molar refractivity (Wildman–Crippen MR) is 115 cm³/mol. The van der Waals surface area contributed by atoms with Crippen LogP contribution in [0.5, 0.6) is 0 Å². The Kier molecular flexibility index (Phi) is 5.85. The summed E-state index contributed by atoms with van der Waals surface area (Å²) in [7, 11) is 0. The molecule has 0 unspecified atom stereocenters. The van der Waals surface area contributed by atoms with Crippen LogP contribution in [0.25, 0.3) is 11.3 Å². The van der Waals surface area contributed by atoms with Crippen LogP contribution >= 0.6 is 11.9 Å². The highest BCUT2D eigenvalue weighted by molar-refractivity contribution is 8.00. The van der Waals surface area contributed by atoms with Gasteiger partial charge in [0.15, 0.2) is 0 Å². The monoisotopic (exact) mass is 430 g/mol. The molecule has 3 aromatic rings. The molecule has 0 bridgehead atoms. The maximum Gasteiger partial charge on any atom is 0.418 e. The van der Waals surface area contributed by atoms with Crippen molar-refractivity contribution < 1.29 is 13.2 Å². The molecule has 156 valence electrons. The highest BCUT2D eigenvalue weighted by Gasteiger charge is 2.35. The molecule has 4 rings (SSSR count). The average Bonchev–Trinajstić information content (AvgIpc) is 3.27. The van der Waals surface area contributed by atoms with E-state index < -0.39 is 11.7 Å². The molecule has 1 aliphatic rings. The number of nitrogens with zero attached hydrogens (tertiary/aromatic N) is 3. The molecule has 1 saturated heterocycles. The van der Waals surface area contributed by atoms with Gasteiger partial charge in [-0.05, 0) is 49.6 Å². The summed E-state index contributed by atoms with van der Waals surface area (Å²) in [5, 5.41) is 0.735. The quantitative estimate of drug-likeness (QED) is 0.489. The molecule has 1 aromatic carbocycles. The fraction of sp³-hybridized carbons (Fsp3) is 0.273. The van der Waals surface area contributed by atoms with Crippen LogP contribution in [0.15, 0.2) is 59.6 Å². The Balaban J connectivity index is 1.59. The summed E-state index contributed by atoms with van der Waals surface area (Å²) >= 11 is 1.24. The van der Waals surface area contributed by atoms with Crippen molar-refractivity contribution in [2.24, 2.45) is 0 Å². The van der Waals surface area contributed by atoms with Gasteiger partial charge in [0.2, 0.25) is 0 Å². The Labute approximate surface area is 177 Å². The van der Waals surface area contributed by atoms with E-state index in [1.54, 1.807) is 31.2 Å². The first kappa shape index (κ1) is 20.5. The number of aryl methyl sites for hydroxylation is 1. The zero-order valence-electron chi connectivity index (χ0n) is 16.4. The zero-order chi connectivity index (χ0) is 21.1. The second kappa shape index (κ2) is 8.55. The van der Waals surface area contributed by atoms with Crippen molar-refractivity contribution in [1.82, 2.24) is 9.97 Å². The Morgan fingerprint density at radius 1 is 0.933 bits per heavy atom. The number of aromatic nitrogens is 2. The summed E-state index contributed by atoms with van der Waals surface area (Å²) in [6.45, 7) is 3.77. The highest BCUT2D eigenvalue weighted by Crippen LogP contribution is 2.38. The third-order valence-corrected chi connectivity index (χ3v) is 5.75. The van der Waals surface area contributed by atoms with Crippen LogP contribution in [-0.2, 0) is 6.18 Å². The lowest BCUT2D eigenvalue weighted by atomic mass is 10.0. The number of hydrogen-bond donors (Lipinski definition) is 1. The average molecular weight is 430 g/mol. The summed E-state index contributed by atoms with van der Waals surface area (Å²) in [6.07, 6.45) is -2.16. The van der Waals surface area contributed by atoms with Crippen LogP contribution in [0.4, 0.5) is 24.8 Å². The third-order valence-electron chi connectivity index (χ3n) is 5.00. The SMILES string of the molecule is Cc1ccccc1-c1nc(NSc2cccc(N3CCCC3)n2)ccc1C(F)(F)F. The predicted octanol–water partition coefficient (Wildman–Crippen LogP) is 6.19. The number of pyridine rings is 2. The molecule has 1 N–H and O–H groups in total. The first-order valence-corrected chi connectivity index (χ1v) is 10.5. The minimum Gasteiger partial charge on any atom is -0.357 e. The van der Waals surface area contributed by atoms with Gasteiger partial charge >= 0.3 is 6.18 Å². The molecule has 0 spiro atoms. The number of anilines is 2. The lowest BCUT2D eigenvalue weighted by molar-refractivity contribution is -0.137. The van der Waals surface area contributed by atoms with E-state index in [2.05, 4.69) is 19.6 Å². The standard InChI is InChI=1S/C22H21F3N4S/c1-15-7-2-3-8-16(15)21-17(22(23,24)25)11-12-18(26-21)28-30-20-10-6-9-19(27-20)29-13-4-5-14-29/h2-3,6-12H,4-5,13-14H2,1H3,(H,26,28). The molecule has 0 radical (unpaired) electrons. The van der Waals surface area contributed by atoms with Crippen LogP contribution in [0.3, 0.4) is 0 Å². The molecule has 2 aromatic heterocycles. The first-order chi connectivity index (χ1) is 14.4. The van der Waals surface area contributed by atoms with Gasteiger partial charge in [0.1, 0.15) is 16.7 Å². The van der Waals surface area contributed by atoms with Crippen molar-refractivity contribution >= 4 is 23.6 Å². The van der Waals surface area contributed by atoms with Gasteiger partial charge in [-0.2, -0.15) is 13.2 Å². The molecule has 0 aliphatic carbocycles. The van der Waals surface area contributed by atoms with Gasteiger partial charge in [0.25, 0.3) is 0 Å². The fourth-order valence-electron chi connectivity index (χ4n) is 3.48. The van der Waals surface area contributed by atoms with E-state index in [1.165, 1.54) is 18.0 Å². The number of rotatable bonds is 5. The topological polar surface area (TPSA) is 41.1 Å². The Bertz CT molecular complexity index is 1030. The highest BCUT2D eigenvalue weighted by atomic mass is 32.2. The van der Waals surface area contributed by atoms with E-state index in [0.29, 0.717) is 11.4 Å². The number of nitrogens with one attached hydrogen (secondary N) is 1. The molecule has 8 heteroatoms. The van der Waals surface area contributed by atoms with E-state index in [4.69, 9.17) is 0 Å². The van der Waals surface area contributed by atoms with Crippen LogP contribution in [0, 0.1) is 6.92 Å². The molecule has 1 aliphatic heterocycles. The lowest BCUT2D eigenvalue weighted by Crippen LogP contribution is -2.18. The lowest BCUT2D eigenvalue weighted by Gasteiger charge is -2.17. The summed E-state index contributed by atoms with van der Waals surface area (Å²) in [5.74, 6) is 1.26. The van der Waals surface area contributed by atoms with Gasteiger partial charge in [-0.3, -0.25) is 0 Å². The normalized spacial score (nSPS) is 14.2. The van der Waals surface area contributed by atoms with E-state index >= 15 is 0 Å². The third kappa shape index (κ3) is 4.53. The molecule has 0 saturated carbocycles. The van der Waals surface area contributed by atoms with Gasteiger partial charge in [0, 0.05) is 30.6 Å². The molecule has 1 fully saturated rings. The fourth-order valence-corrected chi connectivity index (χ4v) is 4.08. The van der Waals surface area contributed by atoms with E-state index in [9.17, 15) is 13.2 Å². The van der Waals surface area contributed by atoms with E-state index in [0.717, 1.165) is 48.4 Å². The Morgan fingerprint density at radius 3 is 2.43 bits per heavy atom. The van der Waals surface area contributed by atoms with Crippen LogP contribution in [-0.4, -0.2) is 23.1 Å². The van der Waals surface area contributed by atoms with Crippen molar-refractivity contribution in [1.29, 1.82) is 0 Å². The first-order valence-electron chi connectivity index (χ1n) is 9.71. The number of alkyl halides is 3. The van der Waals surface area contributed by atoms with Gasteiger partial charge in [0.05, 0.1) is 11.3 Å². The second-order valence-electron chi connectivity index (χ2n) is 7.14. The van der Waals surface area contributed by atoms with E-state index in [-0.39, 0.29) is 5.69 Å². The molecular formula is C22H21F3N4S. The van der Waals surface area contributed by atoms with Crippen molar-refractivity contribution in [2.45, 2.75) is 31.0 Å². The molecular weight excluding hydrogens is 409 g/mol. The smallest absolute Gasteiger partial charge is 0.357 e. The Hall–Kier alpha value is -2.74. The molecule has 0 atom stereocenters. The number of hydrogen-bond acceptors (Lipinski definition) is 5. The van der Waals surface area contributed by atoms with Gasteiger partial charge in [-0.25, -0.2) is 9.97 Å². The van der Waals surface area contributed by atoms with Crippen molar-refractivity contribution in [2.75, 3.05) is 22.7 Å². The minimum atomic E-state index is -4.48. The van der Waals surface area contributed by atoms with Crippen molar-refractivity contribution in [3.63, 3.8) is 0 Å². The maximum absolute atomic E-state index is 13.6. The molecule has 0 amide bonds.